The molecule has 4 rings (SSSR count). The molecule has 2 heterocycles. The summed E-state index contributed by atoms with van der Waals surface area (Å²) in [5.41, 5.74) is 14.1. The number of primary sulfonamides is 1. The van der Waals surface area contributed by atoms with E-state index in [9.17, 15) is 8.42 Å². The van der Waals surface area contributed by atoms with Crippen LogP contribution in [-0.4, -0.2) is 40.7 Å². The lowest BCUT2D eigenvalue weighted by Gasteiger charge is -2.14. The Morgan fingerprint density at radius 2 is 1.84 bits per heavy atom. The van der Waals surface area contributed by atoms with Gasteiger partial charge in [-0.3, -0.25) is 0 Å². The Morgan fingerprint density at radius 1 is 1.09 bits per heavy atom. The number of hydrogen-bond acceptors (Lipinski definition) is 9. The molecule has 0 fully saturated rings. The van der Waals surface area contributed by atoms with Crippen LogP contribution in [0.15, 0.2) is 59.6 Å². The largest absolute Gasteiger partial charge is 0.497 e. The number of rotatable bonds is 6. The third-order valence-electron chi connectivity index (χ3n) is 4.84. The van der Waals surface area contributed by atoms with Gasteiger partial charge in [-0.25, -0.2) is 23.2 Å². The summed E-state index contributed by atoms with van der Waals surface area (Å²) in [6.07, 6.45) is 1.50. The van der Waals surface area contributed by atoms with E-state index in [2.05, 4.69) is 20.5 Å². The lowest BCUT2D eigenvalue weighted by atomic mass is 10.00. The number of hydrogen-bond donors (Lipinski definition) is 3. The van der Waals surface area contributed by atoms with Crippen molar-refractivity contribution in [3.05, 3.63) is 60.3 Å². The molecule has 0 atom stereocenters. The van der Waals surface area contributed by atoms with Crippen LogP contribution in [0.25, 0.3) is 22.5 Å². The van der Waals surface area contributed by atoms with Crippen molar-refractivity contribution in [3.8, 4) is 28.3 Å². The summed E-state index contributed by atoms with van der Waals surface area (Å²) in [7, 11) is -2.53. The normalized spacial score (nSPS) is 11.4. The van der Waals surface area contributed by atoms with E-state index in [0.29, 0.717) is 16.9 Å². The Bertz CT molecular complexity index is 1380. The fourth-order valence-electron chi connectivity index (χ4n) is 3.27. The van der Waals surface area contributed by atoms with Crippen LogP contribution in [0.4, 0.5) is 11.5 Å². The predicted octanol–water partition coefficient (Wildman–Crippen LogP) is 1.27. The van der Waals surface area contributed by atoms with Crippen LogP contribution in [0.2, 0.25) is 0 Å². The van der Waals surface area contributed by atoms with Crippen LogP contribution in [0.1, 0.15) is 5.56 Å². The van der Waals surface area contributed by atoms with Crippen molar-refractivity contribution in [3.63, 3.8) is 0 Å². The third kappa shape index (κ3) is 4.08. The summed E-state index contributed by atoms with van der Waals surface area (Å²) >= 11 is 0. The molecule has 0 unspecified atom stereocenters. The number of methoxy groups -OCH3 is 1. The molecule has 0 aliphatic rings. The van der Waals surface area contributed by atoms with Crippen LogP contribution < -0.4 is 21.3 Å². The molecule has 32 heavy (non-hydrogen) atoms. The molecular formula is C20H20N8O3S. The number of ether oxygens (including phenoxy) is 1. The van der Waals surface area contributed by atoms with Gasteiger partial charge in [0.25, 0.3) is 0 Å². The number of nitrogen functional groups attached to an aromatic ring is 2. The zero-order valence-corrected chi connectivity index (χ0v) is 17.8. The molecule has 2 aromatic heterocycles. The number of benzene rings is 2. The van der Waals surface area contributed by atoms with Crippen molar-refractivity contribution in [2.45, 2.75) is 11.4 Å². The molecule has 0 amide bonds. The van der Waals surface area contributed by atoms with Gasteiger partial charge in [0.05, 0.1) is 24.2 Å². The second-order valence-electron chi connectivity index (χ2n) is 6.93. The van der Waals surface area contributed by atoms with E-state index in [0.717, 1.165) is 5.56 Å². The highest BCUT2D eigenvalue weighted by Gasteiger charge is 2.24. The molecule has 4 aromatic rings. The maximum atomic E-state index is 12.4. The number of tetrazole rings is 1. The molecule has 0 spiro atoms. The van der Waals surface area contributed by atoms with E-state index in [4.69, 9.17) is 21.3 Å². The number of aromatic nitrogens is 5. The summed E-state index contributed by atoms with van der Waals surface area (Å²) < 4.78 is 31.5. The van der Waals surface area contributed by atoms with Crippen LogP contribution in [-0.2, 0) is 16.6 Å². The van der Waals surface area contributed by atoms with Gasteiger partial charge in [-0.2, -0.15) is 0 Å². The molecule has 0 saturated carbocycles. The molecule has 6 N–H and O–H groups in total. The SMILES string of the molecule is COc1ccc(Cn2nnnc2-c2c(-c3cnc(N)c(N)c3)cccc2S(N)(=O)=O)cc1. The average molecular weight is 453 g/mol. The van der Waals surface area contributed by atoms with E-state index in [1.807, 2.05) is 24.3 Å². The van der Waals surface area contributed by atoms with Gasteiger partial charge in [0, 0.05) is 17.3 Å². The predicted molar refractivity (Wildman–Crippen MR) is 119 cm³/mol. The summed E-state index contributed by atoms with van der Waals surface area (Å²) in [5, 5.41) is 17.4. The van der Waals surface area contributed by atoms with Crippen molar-refractivity contribution in [1.29, 1.82) is 0 Å². The Kier molecular flexibility index (Phi) is 5.47. The number of nitrogens with zero attached hydrogens (tertiary/aromatic N) is 5. The van der Waals surface area contributed by atoms with Gasteiger partial charge < -0.3 is 16.2 Å². The number of sulfonamides is 1. The molecule has 0 aliphatic carbocycles. The first-order valence-corrected chi connectivity index (χ1v) is 10.9. The molecule has 2 aromatic carbocycles. The minimum Gasteiger partial charge on any atom is -0.497 e. The third-order valence-corrected chi connectivity index (χ3v) is 5.79. The van der Waals surface area contributed by atoms with Crippen LogP contribution in [0, 0.1) is 0 Å². The Balaban J connectivity index is 1.89. The standard InChI is InChI=1S/C20H20N8O3S/c1-31-14-7-5-12(6-8-14)11-28-20(25-26-27-28)18-15(3-2-4-17(18)32(23,29)30)13-9-16(21)19(22)24-10-13/h2-10H,11,21H2,1H3,(H2,22,24)(H2,23,29,30). The molecule has 0 radical (unpaired) electrons. The summed E-state index contributed by atoms with van der Waals surface area (Å²) in [4.78, 5) is 3.95. The maximum Gasteiger partial charge on any atom is 0.238 e. The Morgan fingerprint density at radius 3 is 2.50 bits per heavy atom. The van der Waals surface area contributed by atoms with E-state index in [-0.39, 0.29) is 34.3 Å². The Labute approximate surface area is 183 Å². The zero-order chi connectivity index (χ0) is 22.9. The maximum absolute atomic E-state index is 12.4. The number of nitrogens with two attached hydrogens (primary N) is 3. The second-order valence-corrected chi connectivity index (χ2v) is 8.46. The number of anilines is 2. The van der Waals surface area contributed by atoms with Gasteiger partial charge >= 0.3 is 0 Å². The monoisotopic (exact) mass is 452 g/mol. The van der Waals surface area contributed by atoms with Crippen molar-refractivity contribution in [1.82, 2.24) is 25.2 Å². The van der Waals surface area contributed by atoms with Crippen LogP contribution in [0.3, 0.4) is 0 Å². The van der Waals surface area contributed by atoms with E-state index in [1.165, 1.54) is 16.9 Å². The first kappa shape index (κ1) is 21.2. The molecule has 164 valence electrons. The van der Waals surface area contributed by atoms with Gasteiger partial charge in [0.1, 0.15) is 11.6 Å². The fraction of sp³-hybridized carbons (Fsp3) is 0.100. The summed E-state index contributed by atoms with van der Waals surface area (Å²) in [6, 6.07) is 13.6. The summed E-state index contributed by atoms with van der Waals surface area (Å²) in [5.74, 6) is 1.10. The lowest BCUT2D eigenvalue weighted by molar-refractivity contribution is 0.414. The van der Waals surface area contributed by atoms with Gasteiger partial charge in [0.15, 0.2) is 5.82 Å². The molecule has 0 aliphatic heterocycles. The van der Waals surface area contributed by atoms with Gasteiger partial charge in [0.2, 0.25) is 10.0 Å². The highest BCUT2D eigenvalue weighted by molar-refractivity contribution is 7.89. The molecular weight excluding hydrogens is 432 g/mol. The first-order valence-electron chi connectivity index (χ1n) is 9.34. The van der Waals surface area contributed by atoms with Crippen molar-refractivity contribution in [2.75, 3.05) is 18.6 Å². The smallest absolute Gasteiger partial charge is 0.238 e. The minimum atomic E-state index is -4.11. The van der Waals surface area contributed by atoms with Crippen molar-refractivity contribution >= 4 is 21.5 Å². The first-order chi connectivity index (χ1) is 15.3. The fourth-order valence-corrected chi connectivity index (χ4v) is 4.03. The zero-order valence-electron chi connectivity index (χ0n) is 17.0. The average Bonchev–Trinajstić information content (AvgIpc) is 3.23. The molecule has 0 bridgehead atoms. The van der Waals surface area contributed by atoms with Crippen molar-refractivity contribution < 1.29 is 13.2 Å². The van der Waals surface area contributed by atoms with E-state index >= 15 is 0 Å². The van der Waals surface area contributed by atoms with Gasteiger partial charge in [-0.15, -0.1) is 5.10 Å². The number of pyridine rings is 1. The van der Waals surface area contributed by atoms with E-state index < -0.39 is 10.0 Å². The van der Waals surface area contributed by atoms with Crippen LogP contribution in [0.5, 0.6) is 5.75 Å². The molecule has 12 heteroatoms. The topological polar surface area (TPSA) is 178 Å². The Hall–Kier alpha value is -4.03. The summed E-state index contributed by atoms with van der Waals surface area (Å²) in [6.45, 7) is 0.285. The van der Waals surface area contributed by atoms with Crippen LogP contribution >= 0.6 is 0 Å². The lowest BCUT2D eigenvalue weighted by Crippen LogP contribution is -2.15. The molecule has 11 nitrogen and oxygen atoms in total. The minimum absolute atomic E-state index is 0.129. The highest BCUT2D eigenvalue weighted by Crippen LogP contribution is 2.36. The second kappa shape index (κ2) is 8.24. The van der Waals surface area contributed by atoms with Gasteiger partial charge in [-0.1, -0.05) is 24.3 Å². The highest BCUT2D eigenvalue weighted by atomic mass is 32.2. The van der Waals surface area contributed by atoms with Gasteiger partial charge in [-0.05, 0) is 45.8 Å². The van der Waals surface area contributed by atoms with Crippen molar-refractivity contribution in [2.24, 2.45) is 5.14 Å². The van der Waals surface area contributed by atoms with E-state index in [1.54, 1.807) is 25.3 Å². The molecule has 0 saturated heterocycles. The quantitative estimate of drug-likeness (QED) is 0.388.